The van der Waals surface area contributed by atoms with Crippen molar-refractivity contribution >= 4 is 11.4 Å². The van der Waals surface area contributed by atoms with E-state index in [1.807, 2.05) is 103 Å². The van der Waals surface area contributed by atoms with E-state index in [0.717, 1.165) is 69.3 Å². The quantitative estimate of drug-likeness (QED) is 0.0599. The number of aliphatic hydroxyl groups is 12. The third-order valence-electron chi connectivity index (χ3n) is 17.9. The van der Waals surface area contributed by atoms with Crippen LogP contribution in [0.3, 0.4) is 0 Å². The van der Waals surface area contributed by atoms with Crippen LogP contribution in [0.15, 0.2) is 157 Å². The van der Waals surface area contributed by atoms with Gasteiger partial charge in [-0.3, -0.25) is 0 Å². The summed E-state index contributed by atoms with van der Waals surface area (Å²) in [7, 11) is 0. The van der Waals surface area contributed by atoms with Gasteiger partial charge in [0.25, 0.3) is 5.88 Å². The average Bonchev–Trinajstić information content (AvgIpc) is 0.825. The van der Waals surface area contributed by atoms with Crippen LogP contribution in [0.5, 0.6) is 46.1 Å². The van der Waals surface area contributed by atoms with E-state index >= 15 is 0 Å². The number of hydrogen-bond acceptors (Lipinski definition) is 25. The van der Waals surface area contributed by atoms with E-state index < -0.39 is 111 Å². The number of nitrogens with zero attached hydrogens (tertiary/aromatic N) is 1. The third kappa shape index (κ3) is 16.1. The SMILES string of the molecule is C#Cc1ccc([C@@H]2O[C@H](CO)[C@@H](O)[C@H](O)[C@H]2O)cc1Cc1ccc2c(c1)OCCO2.OC[C@H]1O[C@@H](c2ccc(Oc3ccccc3)c(Cc3ccc4c(c3)NCCO4)c2)[C@H](O)[C@@H](O)[C@@H]1O.OC[C@H]1O[C@@H](c2ccc(Oc3cocn3)c(Cc3ccc4c(c3)NCCO4)c2)[C@H](O)[C@@H](O)[C@@H]1O. The Morgan fingerprint density at radius 1 is 0.434 bits per heavy atom. The summed E-state index contributed by atoms with van der Waals surface area (Å²) in [5.41, 5.74) is 9.77. The summed E-state index contributed by atoms with van der Waals surface area (Å²) in [6.07, 6.45) is -8.52. The van der Waals surface area contributed by atoms with E-state index in [1.165, 1.54) is 12.7 Å². The van der Waals surface area contributed by atoms with Crippen molar-refractivity contribution in [3.05, 3.63) is 208 Å². The Bertz CT molecular complexity index is 4040. The van der Waals surface area contributed by atoms with Gasteiger partial charge in [-0.2, -0.15) is 4.98 Å². The third-order valence-corrected chi connectivity index (χ3v) is 17.9. The monoisotopic (exact) mass is 1360 g/mol. The van der Waals surface area contributed by atoms with Gasteiger partial charge in [0.2, 0.25) is 0 Å². The molecule has 6 aliphatic heterocycles. The number of fused-ring (bicyclic) bond motifs is 3. The van der Waals surface area contributed by atoms with Crippen LogP contribution in [0.25, 0.3) is 0 Å². The Morgan fingerprint density at radius 2 is 0.869 bits per heavy atom. The highest BCUT2D eigenvalue weighted by atomic mass is 16.6. The molecule has 0 bridgehead atoms. The van der Waals surface area contributed by atoms with Gasteiger partial charge in [0.15, 0.2) is 24.2 Å². The summed E-state index contributed by atoms with van der Waals surface area (Å²) in [4.78, 5) is 4.01. The minimum absolute atomic E-state index is 0.294. The maximum atomic E-state index is 10.6. The lowest BCUT2D eigenvalue weighted by Gasteiger charge is -2.40. The van der Waals surface area contributed by atoms with E-state index in [1.54, 1.807) is 36.4 Å². The van der Waals surface area contributed by atoms with Crippen LogP contribution in [0, 0.1) is 12.3 Å². The summed E-state index contributed by atoms with van der Waals surface area (Å²) in [6.45, 7) is 2.28. The fraction of sp³-hybridized carbons (Fsp3) is 0.365. The summed E-state index contributed by atoms with van der Waals surface area (Å²) in [5, 5.41) is 128. The predicted octanol–water partition coefficient (Wildman–Crippen LogP) is 4.31. The van der Waals surface area contributed by atoms with Crippen molar-refractivity contribution in [1.82, 2.24) is 4.98 Å². The zero-order valence-corrected chi connectivity index (χ0v) is 53.6. The van der Waals surface area contributed by atoms with Gasteiger partial charge in [-0.1, -0.05) is 66.6 Å². The highest BCUT2D eigenvalue weighted by molar-refractivity contribution is 5.61. The molecular formula is C74H79N3O22. The standard InChI is InChI=1S/C27H29NO7.C24H26N2O8.C23H24O7/c29-15-23-24(30)25(31)26(32)27(35-23)17-7-9-21(34-19-4-2-1-3-5-19)18(14-17)12-16-6-8-22-20(13-16)28-10-11-33-22;27-10-19-21(28)22(29)23(30)24(34-19)14-2-4-17(33-20-11-31-12-26-20)15(9-14)7-13-1-3-18-16(8-13)25-5-6-32-18;1-2-14-4-5-15(23-22(27)21(26)20(25)19(12-24)30-23)11-16(14)9-13-3-6-17-18(10-13)29-8-7-28-17/h1-9,13-14,23-32H,10-12,15H2;1-4,8-9,11-12,19,21-25,27-30H,5-7,10H2;1,3-6,10-11,19-27H,7-9,12H2/t23-,24-,25+,26-,27+;19-,21-,22+,23-,24+;19-,20-,21+,22-,23+/m111/s1. The van der Waals surface area contributed by atoms with Gasteiger partial charge in [-0.05, 0) is 135 Å². The van der Waals surface area contributed by atoms with Crippen LogP contribution in [0.4, 0.5) is 11.4 Å². The smallest absolute Gasteiger partial charge is 0.258 e. The lowest BCUT2D eigenvalue weighted by Crippen LogP contribution is -2.55. The molecule has 0 spiro atoms. The van der Waals surface area contributed by atoms with Crippen molar-refractivity contribution in [2.24, 2.45) is 0 Å². The first-order valence-corrected chi connectivity index (χ1v) is 32.5. The summed E-state index contributed by atoms with van der Waals surface area (Å²) in [6, 6.07) is 43.0. The molecule has 7 aromatic carbocycles. The number of hydrogen-bond donors (Lipinski definition) is 14. The molecule has 7 heterocycles. The molecule has 0 aliphatic carbocycles. The second-order valence-corrected chi connectivity index (χ2v) is 24.6. The van der Waals surface area contributed by atoms with E-state index in [0.29, 0.717) is 103 Å². The fourth-order valence-electron chi connectivity index (χ4n) is 12.7. The van der Waals surface area contributed by atoms with Crippen LogP contribution < -0.4 is 39.1 Å². The molecule has 25 nitrogen and oxygen atoms in total. The highest BCUT2D eigenvalue weighted by Crippen LogP contribution is 2.41. The van der Waals surface area contributed by atoms with Crippen molar-refractivity contribution in [3.63, 3.8) is 0 Å². The fourth-order valence-corrected chi connectivity index (χ4v) is 12.7. The summed E-state index contributed by atoms with van der Waals surface area (Å²) in [5.74, 6) is 7.83. The molecule has 25 heteroatoms. The lowest BCUT2D eigenvalue weighted by atomic mass is 9.89. The predicted molar refractivity (Wildman–Crippen MR) is 355 cm³/mol. The minimum Gasteiger partial charge on any atom is -0.490 e. The molecule has 1 aromatic heterocycles. The average molecular weight is 1360 g/mol. The van der Waals surface area contributed by atoms with Crippen molar-refractivity contribution in [3.8, 4) is 58.5 Å². The van der Waals surface area contributed by atoms with Gasteiger partial charge < -0.3 is 119 Å². The second-order valence-electron chi connectivity index (χ2n) is 24.6. The zero-order valence-electron chi connectivity index (χ0n) is 53.6. The molecule has 0 radical (unpaired) electrons. The number of anilines is 2. The maximum Gasteiger partial charge on any atom is 0.258 e. The number of aromatic nitrogens is 1. The molecule has 0 saturated carbocycles. The normalized spacial score (nSPS) is 26.6. The topological polar surface area (TPSA) is 376 Å². The number of rotatable bonds is 16. The van der Waals surface area contributed by atoms with Gasteiger partial charge in [0.05, 0.1) is 31.2 Å². The first-order chi connectivity index (χ1) is 48.1. The minimum atomic E-state index is -1.46. The number of ether oxygens (including phenoxy) is 9. The van der Waals surface area contributed by atoms with Gasteiger partial charge in [0, 0.05) is 31.5 Å². The Balaban J connectivity index is 0.000000141. The molecule has 99 heavy (non-hydrogen) atoms. The number of para-hydroxylation sites is 1. The molecule has 14 N–H and O–H groups in total. The highest BCUT2D eigenvalue weighted by Gasteiger charge is 2.47. The van der Waals surface area contributed by atoms with E-state index in [-0.39, 0.29) is 0 Å². The number of benzene rings is 7. The molecule has 14 rings (SSSR count). The number of oxazole rings is 1. The Labute approximate surface area is 569 Å². The van der Waals surface area contributed by atoms with Gasteiger partial charge in [-0.25, -0.2) is 0 Å². The van der Waals surface area contributed by atoms with E-state index in [4.69, 9.17) is 53.5 Å². The molecule has 0 amide bonds. The molecule has 522 valence electrons. The van der Waals surface area contributed by atoms with E-state index in [9.17, 15) is 61.3 Å². The maximum absolute atomic E-state index is 10.6. The summed E-state index contributed by atoms with van der Waals surface area (Å²) >= 11 is 0. The Morgan fingerprint density at radius 3 is 1.34 bits per heavy atom. The van der Waals surface area contributed by atoms with Crippen molar-refractivity contribution in [1.29, 1.82) is 0 Å². The Kier molecular flexibility index (Phi) is 22.6. The number of terminal acetylenes is 1. The Hall–Kier alpha value is -8.89. The van der Waals surface area contributed by atoms with Gasteiger partial charge >= 0.3 is 0 Å². The van der Waals surface area contributed by atoms with Crippen LogP contribution in [-0.2, 0) is 33.5 Å². The van der Waals surface area contributed by atoms with E-state index in [2.05, 4.69) is 21.5 Å². The van der Waals surface area contributed by atoms with Crippen molar-refractivity contribution in [2.45, 2.75) is 111 Å². The number of nitrogens with one attached hydrogen (secondary N) is 2. The van der Waals surface area contributed by atoms with Crippen LogP contribution in [-0.4, -0.2) is 199 Å². The molecule has 15 atom stereocenters. The molecule has 0 unspecified atom stereocenters. The molecule has 3 saturated heterocycles. The molecular weight excluding hydrogens is 1280 g/mol. The summed E-state index contributed by atoms with van der Waals surface area (Å²) < 4.78 is 56.8. The van der Waals surface area contributed by atoms with Crippen molar-refractivity contribution < 1.29 is 108 Å². The van der Waals surface area contributed by atoms with Gasteiger partial charge in [0.1, 0.15) is 147 Å². The first-order valence-electron chi connectivity index (χ1n) is 32.5. The van der Waals surface area contributed by atoms with Crippen molar-refractivity contribution in [2.75, 3.05) is 70.0 Å². The first kappa shape index (κ1) is 70.0. The molecule has 6 aliphatic rings. The zero-order chi connectivity index (χ0) is 69.3. The molecule has 3 fully saturated rings. The lowest BCUT2D eigenvalue weighted by molar-refractivity contribution is -0.231. The van der Waals surface area contributed by atoms with Crippen LogP contribution in [0.1, 0.15) is 73.9 Å². The van der Waals surface area contributed by atoms with Gasteiger partial charge in [-0.15, -0.1) is 6.42 Å². The van der Waals surface area contributed by atoms with Crippen LogP contribution in [0.2, 0.25) is 0 Å². The molecule has 8 aromatic rings. The second kappa shape index (κ2) is 32.0. The number of aliphatic hydroxyl groups excluding tert-OH is 12. The van der Waals surface area contributed by atoms with Crippen LogP contribution >= 0.6 is 0 Å². The largest absolute Gasteiger partial charge is 0.490 e.